The average molecular weight is 269 g/mol. The van der Waals surface area contributed by atoms with Crippen molar-refractivity contribution in [3.63, 3.8) is 0 Å². The topological polar surface area (TPSA) is 41.5 Å². The minimum absolute atomic E-state index is 0.203. The fourth-order valence-corrected chi connectivity index (χ4v) is 2.37. The fourth-order valence-electron chi connectivity index (χ4n) is 1.42. The maximum absolute atomic E-state index is 9.50. The molecule has 1 unspecified atom stereocenters. The Labute approximate surface area is 114 Å². The third-order valence-electron chi connectivity index (χ3n) is 2.65. The summed E-state index contributed by atoms with van der Waals surface area (Å²) in [7, 11) is 1.71. The molecule has 0 fully saturated rings. The number of ether oxygens (including phenoxy) is 1. The highest BCUT2D eigenvalue weighted by atomic mass is 32.2. The minimum atomic E-state index is -0.203. The van der Waals surface area contributed by atoms with Gasteiger partial charge >= 0.3 is 0 Å². The Morgan fingerprint density at radius 2 is 2.06 bits per heavy atom. The van der Waals surface area contributed by atoms with Crippen LogP contribution in [0.2, 0.25) is 0 Å². The first-order valence-corrected chi connectivity index (χ1v) is 7.34. The molecule has 0 bridgehead atoms. The molecule has 2 N–H and O–H groups in total. The number of benzene rings is 1. The van der Waals surface area contributed by atoms with Crippen LogP contribution in [0.3, 0.4) is 0 Å². The highest BCUT2D eigenvalue weighted by Crippen LogP contribution is 2.19. The predicted octanol–water partition coefficient (Wildman–Crippen LogP) is 2.29. The third kappa shape index (κ3) is 6.40. The van der Waals surface area contributed by atoms with Gasteiger partial charge < -0.3 is 15.2 Å². The highest BCUT2D eigenvalue weighted by Gasteiger charge is 2.02. The number of aliphatic hydroxyl groups is 1. The molecular weight excluding hydrogens is 246 g/mol. The second-order valence-electron chi connectivity index (χ2n) is 4.19. The summed E-state index contributed by atoms with van der Waals surface area (Å²) >= 11 is 1.70. The molecule has 1 atom stereocenters. The van der Waals surface area contributed by atoms with E-state index in [4.69, 9.17) is 4.74 Å². The molecule has 18 heavy (non-hydrogen) atoms. The van der Waals surface area contributed by atoms with Gasteiger partial charge in [0.15, 0.2) is 0 Å². The zero-order valence-electron chi connectivity index (χ0n) is 11.2. The average Bonchev–Trinajstić information content (AvgIpc) is 2.42. The standard InChI is InChI=1S/C14H23NO2S/c1-3-13(16)11-18-14-6-4-12(5-7-14)10-15-8-9-17-2/h4-7,13,15-16H,3,8-11H2,1-2H3. The second kappa shape index (κ2) is 9.39. The Kier molecular flexibility index (Phi) is 8.09. The van der Waals surface area contributed by atoms with Gasteiger partial charge in [0.05, 0.1) is 12.7 Å². The molecule has 0 heterocycles. The van der Waals surface area contributed by atoms with Crippen LogP contribution in [0, 0.1) is 0 Å². The molecule has 1 aromatic carbocycles. The van der Waals surface area contributed by atoms with Gasteiger partial charge in [-0.05, 0) is 24.1 Å². The first-order chi connectivity index (χ1) is 8.76. The lowest BCUT2D eigenvalue weighted by molar-refractivity contribution is 0.195. The maximum atomic E-state index is 9.50. The van der Waals surface area contributed by atoms with Crippen LogP contribution in [0.1, 0.15) is 18.9 Å². The molecule has 0 aliphatic rings. The van der Waals surface area contributed by atoms with Crippen LogP contribution in [-0.4, -0.2) is 37.2 Å². The van der Waals surface area contributed by atoms with Crippen molar-refractivity contribution in [3.8, 4) is 0 Å². The lowest BCUT2D eigenvalue weighted by Gasteiger charge is -2.08. The lowest BCUT2D eigenvalue weighted by atomic mass is 10.2. The normalized spacial score (nSPS) is 12.6. The van der Waals surface area contributed by atoms with Gasteiger partial charge in [-0.2, -0.15) is 0 Å². The van der Waals surface area contributed by atoms with Crippen molar-refractivity contribution < 1.29 is 9.84 Å². The van der Waals surface area contributed by atoms with E-state index in [-0.39, 0.29) is 6.10 Å². The Bertz CT molecular complexity index is 316. The Balaban J connectivity index is 2.28. The number of methoxy groups -OCH3 is 1. The molecule has 4 heteroatoms. The van der Waals surface area contributed by atoms with E-state index >= 15 is 0 Å². The molecule has 0 saturated carbocycles. The van der Waals surface area contributed by atoms with Crippen LogP contribution < -0.4 is 5.32 Å². The van der Waals surface area contributed by atoms with Crippen LogP contribution in [0.4, 0.5) is 0 Å². The summed E-state index contributed by atoms with van der Waals surface area (Å²) in [6, 6.07) is 8.47. The van der Waals surface area contributed by atoms with Gasteiger partial charge in [-0.3, -0.25) is 0 Å². The summed E-state index contributed by atoms with van der Waals surface area (Å²) in [4.78, 5) is 1.21. The van der Waals surface area contributed by atoms with Crippen molar-refractivity contribution in [2.75, 3.05) is 26.0 Å². The smallest absolute Gasteiger partial charge is 0.0631 e. The van der Waals surface area contributed by atoms with Crippen LogP contribution in [-0.2, 0) is 11.3 Å². The van der Waals surface area contributed by atoms with Gasteiger partial charge in [0.25, 0.3) is 0 Å². The number of nitrogens with one attached hydrogen (secondary N) is 1. The van der Waals surface area contributed by atoms with Crippen molar-refractivity contribution in [2.45, 2.75) is 30.9 Å². The van der Waals surface area contributed by atoms with Crippen LogP contribution in [0.5, 0.6) is 0 Å². The summed E-state index contributed by atoms with van der Waals surface area (Å²) in [5, 5.41) is 12.8. The van der Waals surface area contributed by atoms with E-state index < -0.39 is 0 Å². The molecular formula is C14H23NO2S. The molecule has 102 valence electrons. The number of hydrogen-bond acceptors (Lipinski definition) is 4. The fraction of sp³-hybridized carbons (Fsp3) is 0.571. The van der Waals surface area contributed by atoms with E-state index in [0.717, 1.165) is 31.9 Å². The van der Waals surface area contributed by atoms with Crippen molar-refractivity contribution in [1.82, 2.24) is 5.32 Å². The van der Waals surface area contributed by atoms with E-state index in [1.165, 1.54) is 10.5 Å². The number of rotatable bonds is 9. The molecule has 0 aliphatic heterocycles. The first-order valence-electron chi connectivity index (χ1n) is 6.35. The summed E-state index contributed by atoms with van der Waals surface area (Å²) in [5.74, 6) is 0.766. The van der Waals surface area contributed by atoms with E-state index in [9.17, 15) is 5.11 Å². The van der Waals surface area contributed by atoms with E-state index in [1.54, 1.807) is 18.9 Å². The maximum Gasteiger partial charge on any atom is 0.0631 e. The molecule has 0 radical (unpaired) electrons. The summed E-state index contributed by atoms with van der Waals surface area (Å²) in [6.07, 6.45) is 0.611. The molecule has 1 rings (SSSR count). The zero-order chi connectivity index (χ0) is 13.2. The zero-order valence-corrected chi connectivity index (χ0v) is 12.0. The van der Waals surface area contributed by atoms with E-state index in [1.807, 2.05) is 6.92 Å². The summed E-state index contributed by atoms with van der Waals surface area (Å²) in [6.45, 7) is 4.48. The first kappa shape index (κ1) is 15.5. The van der Waals surface area contributed by atoms with Gasteiger partial charge in [-0.1, -0.05) is 19.1 Å². The monoisotopic (exact) mass is 269 g/mol. The van der Waals surface area contributed by atoms with Gasteiger partial charge in [-0.15, -0.1) is 11.8 Å². The van der Waals surface area contributed by atoms with Gasteiger partial charge in [0.2, 0.25) is 0 Å². The SMILES string of the molecule is CCC(O)CSc1ccc(CNCCOC)cc1. The van der Waals surface area contributed by atoms with Gasteiger partial charge in [0, 0.05) is 30.8 Å². The van der Waals surface area contributed by atoms with Gasteiger partial charge in [-0.25, -0.2) is 0 Å². The molecule has 1 aromatic rings. The Morgan fingerprint density at radius 1 is 1.33 bits per heavy atom. The molecule has 0 saturated heterocycles. The Morgan fingerprint density at radius 3 is 2.67 bits per heavy atom. The van der Waals surface area contributed by atoms with Crippen molar-refractivity contribution >= 4 is 11.8 Å². The predicted molar refractivity (Wildman–Crippen MR) is 77.0 cm³/mol. The summed E-state index contributed by atoms with van der Waals surface area (Å²) < 4.78 is 4.97. The summed E-state index contributed by atoms with van der Waals surface area (Å²) in [5.41, 5.74) is 1.27. The molecule has 0 aromatic heterocycles. The number of thioether (sulfide) groups is 1. The highest BCUT2D eigenvalue weighted by molar-refractivity contribution is 7.99. The molecule has 0 spiro atoms. The van der Waals surface area contributed by atoms with Crippen LogP contribution in [0.15, 0.2) is 29.2 Å². The Hall–Kier alpha value is -0.550. The molecule has 0 aliphatic carbocycles. The van der Waals surface area contributed by atoms with Gasteiger partial charge in [0.1, 0.15) is 0 Å². The number of hydrogen-bond donors (Lipinski definition) is 2. The van der Waals surface area contributed by atoms with Crippen LogP contribution >= 0.6 is 11.8 Å². The molecule has 3 nitrogen and oxygen atoms in total. The van der Waals surface area contributed by atoms with E-state index in [2.05, 4.69) is 29.6 Å². The minimum Gasteiger partial charge on any atom is -0.392 e. The quantitative estimate of drug-likeness (QED) is 0.533. The third-order valence-corrected chi connectivity index (χ3v) is 3.81. The van der Waals surface area contributed by atoms with Crippen LogP contribution in [0.25, 0.3) is 0 Å². The van der Waals surface area contributed by atoms with Crippen molar-refractivity contribution in [2.24, 2.45) is 0 Å². The largest absolute Gasteiger partial charge is 0.392 e. The van der Waals surface area contributed by atoms with E-state index in [0.29, 0.717) is 0 Å². The lowest BCUT2D eigenvalue weighted by Crippen LogP contribution is -2.18. The number of aliphatic hydroxyl groups excluding tert-OH is 1. The van der Waals surface area contributed by atoms with Crippen molar-refractivity contribution in [3.05, 3.63) is 29.8 Å². The van der Waals surface area contributed by atoms with Crippen molar-refractivity contribution in [1.29, 1.82) is 0 Å². The molecule has 0 amide bonds. The second-order valence-corrected chi connectivity index (χ2v) is 5.28.